The van der Waals surface area contributed by atoms with E-state index in [2.05, 4.69) is 125 Å². The Morgan fingerprint density at radius 1 is 0.811 bits per heavy atom. The highest BCUT2D eigenvalue weighted by atomic mass is 28.3. The zero-order valence-electron chi connectivity index (χ0n) is 23.1. The highest BCUT2D eigenvalue weighted by Gasteiger charge is 2.33. The first-order valence-electron chi connectivity index (χ1n) is 13.4. The third-order valence-corrected chi connectivity index (χ3v) is 11.9. The number of ether oxygens (including phenoxy) is 1. The van der Waals surface area contributed by atoms with Crippen molar-refractivity contribution < 1.29 is 9.30 Å². The van der Waals surface area contributed by atoms with Crippen LogP contribution in [0.3, 0.4) is 0 Å². The average Bonchev–Trinajstić information content (AvgIpc) is 2.86. The monoisotopic (exact) mass is 502 g/mol. The fraction of sp³-hybridized carbons (Fsp3) is 0.265. The second-order valence-electron chi connectivity index (χ2n) is 11.8. The van der Waals surface area contributed by atoms with E-state index in [9.17, 15) is 0 Å². The predicted octanol–water partition coefficient (Wildman–Crippen LogP) is 7.23. The molecule has 0 radical (unpaired) electrons. The Morgan fingerprint density at radius 2 is 1.57 bits per heavy atom. The summed E-state index contributed by atoms with van der Waals surface area (Å²) in [6.45, 7) is 13.9. The zero-order valence-corrected chi connectivity index (χ0v) is 24.1. The first kappa shape index (κ1) is 23.9. The van der Waals surface area contributed by atoms with E-state index in [1.807, 2.05) is 0 Å². The third kappa shape index (κ3) is 3.79. The maximum absolute atomic E-state index is 6.76. The Morgan fingerprint density at radius 3 is 2.30 bits per heavy atom. The molecule has 0 amide bonds. The van der Waals surface area contributed by atoms with Crippen LogP contribution >= 0.6 is 0 Å². The van der Waals surface area contributed by atoms with Crippen molar-refractivity contribution >= 4 is 40.1 Å². The molecule has 186 valence electrons. The van der Waals surface area contributed by atoms with E-state index in [4.69, 9.17) is 4.74 Å². The van der Waals surface area contributed by atoms with Gasteiger partial charge in [0.05, 0.1) is 5.56 Å². The van der Waals surface area contributed by atoms with Crippen molar-refractivity contribution in [3.05, 3.63) is 89.5 Å². The summed E-state index contributed by atoms with van der Waals surface area (Å²) < 4.78 is 9.10. The van der Waals surface area contributed by atoms with Crippen LogP contribution in [0.2, 0.25) is 13.1 Å². The smallest absolute Gasteiger partial charge is 0.256 e. The van der Waals surface area contributed by atoms with Gasteiger partial charge in [0, 0.05) is 22.9 Å². The number of pyridine rings is 1. The standard InChI is InChI=1S/C34H36NOSi/c1-21(2)15-24-17-26-16-22(3)23(4)32-33(26)30(18-24)36-31-20-25-19-28(13-14-29(25)35(5)34(31)32)37(6,7)27-11-9-8-10-12-27/h8-14,16-21H,15H2,1-7H3/q+1. The molecular weight excluding hydrogens is 466 g/mol. The van der Waals surface area contributed by atoms with Gasteiger partial charge in [-0.1, -0.05) is 85.8 Å². The van der Waals surface area contributed by atoms with Gasteiger partial charge < -0.3 is 4.74 Å². The predicted molar refractivity (Wildman–Crippen MR) is 159 cm³/mol. The van der Waals surface area contributed by atoms with Gasteiger partial charge in [-0.15, -0.1) is 0 Å². The lowest BCUT2D eigenvalue weighted by atomic mass is 9.88. The van der Waals surface area contributed by atoms with Crippen LogP contribution in [0.1, 0.15) is 30.5 Å². The Kier molecular flexibility index (Phi) is 5.54. The van der Waals surface area contributed by atoms with Crippen molar-refractivity contribution in [1.82, 2.24) is 0 Å². The molecule has 6 rings (SSSR count). The summed E-state index contributed by atoms with van der Waals surface area (Å²) in [5.41, 5.74) is 7.73. The lowest BCUT2D eigenvalue weighted by molar-refractivity contribution is -0.633. The van der Waals surface area contributed by atoms with E-state index in [0.29, 0.717) is 5.92 Å². The van der Waals surface area contributed by atoms with Crippen LogP contribution in [0.25, 0.3) is 32.9 Å². The minimum Gasteiger partial charge on any atom is -0.450 e. The molecule has 0 unspecified atom stereocenters. The topological polar surface area (TPSA) is 13.1 Å². The zero-order chi connectivity index (χ0) is 26.1. The molecule has 0 spiro atoms. The van der Waals surface area contributed by atoms with E-state index in [-0.39, 0.29) is 0 Å². The van der Waals surface area contributed by atoms with Crippen molar-refractivity contribution in [2.45, 2.75) is 47.2 Å². The van der Waals surface area contributed by atoms with E-state index in [0.717, 1.165) is 17.9 Å². The molecule has 37 heavy (non-hydrogen) atoms. The third-order valence-electron chi connectivity index (χ3n) is 8.34. The minimum atomic E-state index is -1.81. The Hall–Kier alpha value is -3.43. The summed E-state index contributed by atoms with van der Waals surface area (Å²) >= 11 is 0. The number of hydrogen-bond donors (Lipinski definition) is 0. The van der Waals surface area contributed by atoms with E-state index in [1.54, 1.807) is 0 Å². The van der Waals surface area contributed by atoms with Crippen molar-refractivity contribution in [3.63, 3.8) is 0 Å². The Balaban J connectivity index is 1.59. The number of rotatable bonds is 4. The lowest BCUT2D eigenvalue weighted by Gasteiger charge is -2.25. The summed E-state index contributed by atoms with van der Waals surface area (Å²) in [6.07, 6.45) is 1.05. The fourth-order valence-corrected chi connectivity index (χ4v) is 8.51. The number of hydrogen-bond acceptors (Lipinski definition) is 1. The molecule has 5 aromatic rings. The molecule has 1 aliphatic heterocycles. The van der Waals surface area contributed by atoms with Crippen LogP contribution in [0.15, 0.2) is 72.8 Å². The van der Waals surface area contributed by atoms with Gasteiger partial charge in [0.25, 0.3) is 5.69 Å². The number of nitrogens with zero attached hydrogens (tertiary/aromatic N) is 1. The second-order valence-corrected chi connectivity index (χ2v) is 16.2. The quantitative estimate of drug-likeness (QED) is 0.183. The number of aryl methyl sites for hydroxylation is 2. The van der Waals surface area contributed by atoms with Crippen LogP contribution < -0.4 is 19.7 Å². The largest absolute Gasteiger partial charge is 0.450 e. The molecule has 4 aromatic carbocycles. The summed E-state index contributed by atoms with van der Waals surface area (Å²) in [4.78, 5) is 0. The van der Waals surface area contributed by atoms with Crippen molar-refractivity contribution in [2.24, 2.45) is 13.0 Å². The molecule has 0 aliphatic carbocycles. The molecule has 1 aromatic heterocycles. The normalized spacial score (nSPS) is 12.8. The Labute approximate surface area is 221 Å². The van der Waals surface area contributed by atoms with Crippen molar-refractivity contribution in [1.29, 1.82) is 0 Å². The highest BCUT2D eigenvalue weighted by Crippen LogP contribution is 2.48. The summed E-state index contributed by atoms with van der Waals surface area (Å²) in [6, 6.07) is 27.3. The van der Waals surface area contributed by atoms with Crippen LogP contribution in [-0.2, 0) is 13.5 Å². The Bertz CT molecular complexity index is 1700. The molecular formula is C34H36NOSi+. The molecule has 0 saturated heterocycles. The average molecular weight is 503 g/mol. The number of aromatic nitrogens is 1. The molecule has 1 aliphatic rings. The first-order valence-corrected chi connectivity index (χ1v) is 16.4. The van der Waals surface area contributed by atoms with Gasteiger partial charge in [0.2, 0.25) is 5.52 Å². The van der Waals surface area contributed by atoms with Crippen molar-refractivity contribution in [2.75, 3.05) is 0 Å². The maximum atomic E-state index is 6.76. The van der Waals surface area contributed by atoms with Crippen LogP contribution in [0, 0.1) is 19.8 Å². The van der Waals surface area contributed by atoms with E-state index >= 15 is 0 Å². The van der Waals surface area contributed by atoms with Gasteiger partial charge in [-0.2, -0.15) is 4.57 Å². The van der Waals surface area contributed by atoms with Crippen LogP contribution in [0.5, 0.6) is 11.5 Å². The maximum Gasteiger partial charge on any atom is 0.256 e. The van der Waals surface area contributed by atoms with Gasteiger partial charge >= 0.3 is 0 Å². The van der Waals surface area contributed by atoms with Gasteiger partial charge in [-0.3, -0.25) is 0 Å². The number of fused-ring (bicyclic) bond motifs is 3. The van der Waals surface area contributed by atoms with Crippen LogP contribution in [-0.4, -0.2) is 8.07 Å². The molecule has 2 nitrogen and oxygen atoms in total. The molecule has 2 heterocycles. The molecule has 3 heteroatoms. The van der Waals surface area contributed by atoms with E-state index in [1.165, 1.54) is 60.0 Å². The number of benzene rings is 4. The van der Waals surface area contributed by atoms with Gasteiger partial charge in [0.1, 0.15) is 20.9 Å². The molecule has 0 atom stereocenters. The molecule has 0 bridgehead atoms. The van der Waals surface area contributed by atoms with Gasteiger partial charge in [-0.25, -0.2) is 0 Å². The van der Waals surface area contributed by atoms with Gasteiger partial charge in [0.15, 0.2) is 5.75 Å². The summed E-state index contributed by atoms with van der Waals surface area (Å²) in [5, 5.41) is 6.65. The highest BCUT2D eigenvalue weighted by molar-refractivity contribution is 7.00. The van der Waals surface area contributed by atoms with Crippen molar-refractivity contribution in [3.8, 4) is 22.8 Å². The minimum absolute atomic E-state index is 0.601. The fourth-order valence-electron chi connectivity index (χ4n) is 6.14. The summed E-state index contributed by atoms with van der Waals surface area (Å²) in [7, 11) is 0.378. The second kappa shape index (κ2) is 8.56. The van der Waals surface area contributed by atoms with Gasteiger partial charge in [-0.05, 0) is 60.4 Å². The molecule has 0 saturated carbocycles. The lowest BCUT2D eigenvalue weighted by Crippen LogP contribution is -2.52. The van der Waals surface area contributed by atoms with E-state index < -0.39 is 8.07 Å². The molecule has 0 fully saturated rings. The first-order chi connectivity index (χ1) is 17.6. The SMILES string of the molecule is Cc1cc2cc(CC(C)C)cc3c2c(c1C)-c1c(cc2cc([Si](C)(C)c4ccccc4)ccc2[n+]1C)O3. The molecule has 0 N–H and O–H groups in total. The summed E-state index contributed by atoms with van der Waals surface area (Å²) in [5.74, 6) is 2.55. The van der Waals surface area contributed by atoms with Crippen LogP contribution in [0.4, 0.5) is 0 Å².